The van der Waals surface area contributed by atoms with Gasteiger partial charge in [-0.2, -0.15) is 0 Å². The van der Waals surface area contributed by atoms with Gasteiger partial charge >= 0.3 is 5.97 Å². The molecule has 0 radical (unpaired) electrons. The Balaban J connectivity index is 2.78. The predicted octanol–water partition coefficient (Wildman–Crippen LogP) is 0.645. The fourth-order valence-electron chi connectivity index (χ4n) is 1.63. The van der Waals surface area contributed by atoms with E-state index in [1.165, 1.54) is 14.0 Å². The molecule has 1 aliphatic heterocycles. The standard InChI is InChI=1S/C14H19IN2O4/c1-4-21-13(20)14(2,12(19)16-3)9-17-11(18)10-5-7-15-8-6-10/h5-8H,4,9H2,1-3H3,(H,16,19)(H,17,18). The van der Waals surface area contributed by atoms with Gasteiger partial charge in [-0.05, 0) is 34.1 Å². The molecule has 0 aliphatic carbocycles. The Hall–Kier alpha value is -1.51. The lowest BCUT2D eigenvalue weighted by Crippen LogP contribution is -2.51. The van der Waals surface area contributed by atoms with Crippen molar-refractivity contribution in [1.82, 2.24) is 10.6 Å². The number of carbonyl (C=O) groups is 3. The number of rotatable bonds is 6. The van der Waals surface area contributed by atoms with E-state index in [1.54, 1.807) is 19.1 Å². The lowest BCUT2D eigenvalue weighted by atomic mass is 9.89. The molecule has 1 atom stereocenters. The second-order valence-corrected chi connectivity index (χ2v) is 6.64. The van der Waals surface area contributed by atoms with Gasteiger partial charge in [-0.25, -0.2) is 0 Å². The zero-order valence-electron chi connectivity index (χ0n) is 12.2. The van der Waals surface area contributed by atoms with E-state index in [4.69, 9.17) is 4.74 Å². The molecular weight excluding hydrogens is 387 g/mol. The summed E-state index contributed by atoms with van der Waals surface area (Å²) in [6, 6.07) is 0. The van der Waals surface area contributed by atoms with Crippen molar-refractivity contribution < 1.29 is 19.1 Å². The summed E-state index contributed by atoms with van der Waals surface area (Å²) in [5, 5.41) is 5.05. The Morgan fingerprint density at radius 1 is 1.38 bits per heavy atom. The van der Waals surface area contributed by atoms with E-state index in [2.05, 4.69) is 10.6 Å². The number of carbonyl (C=O) groups excluding carboxylic acids is 3. The molecule has 0 saturated heterocycles. The van der Waals surface area contributed by atoms with Gasteiger partial charge in [0.1, 0.15) is 0 Å². The third-order valence-corrected chi connectivity index (χ3v) is 4.50. The van der Waals surface area contributed by atoms with Crippen LogP contribution in [0.4, 0.5) is 0 Å². The van der Waals surface area contributed by atoms with Crippen LogP contribution >= 0.6 is 20.7 Å². The second-order valence-electron chi connectivity index (χ2n) is 4.48. The minimum absolute atomic E-state index is 0.100. The molecule has 0 aromatic rings. The third kappa shape index (κ3) is 4.48. The van der Waals surface area contributed by atoms with Crippen LogP contribution < -0.4 is 10.6 Å². The molecule has 116 valence electrons. The number of hydrogen-bond acceptors (Lipinski definition) is 4. The molecule has 0 fully saturated rings. The van der Waals surface area contributed by atoms with E-state index in [1.807, 2.05) is 8.09 Å². The number of nitrogens with one attached hydrogen (secondary N) is 2. The van der Waals surface area contributed by atoms with Gasteiger partial charge in [-0.1, -0.05) is 20.7 Å². The van der Waals surface area contributed by atoms with Crippen molar-refractivity contribution in [1.29, 1.82) is 0 Å². The number of hydrogen-bond donors (Lipinski definition) is 2. The summed E-state index contributed by atoms with van der Waals surface area (Å²) in [7, 11) is 1.44. The molecule has 1 rings (SSSR count). The van der Waals surface area contributed by atoms with Crippen LogP contribution in [0.25, 0.3) is 0 Å². The van der Waals surface area contributed by atoms with E-state index in [0.717, 1.165) is 0 Å². The molecule has 0 bridgehead atoms. The Kier molecular flexibility index (Phi) is 6.73. The fourth-order valence-corrected chi connectivity index (χ4v) is 3.06. The number of allylic oxidation sites excluding steroid dienone is 1. The summed E-state index contributed by atoms with van der Waals surface area (Å²) in [4.78, 5) is 35.9. The molecule has 7 heteroatoms. The second kappa shape index (κ2) is 8.06. The lowest BCUT2D eigenvalue weighted by Gasteiger charge is -2.25. The van der Waals surface area contributed by atoms with Crippen molar-refractivity contribution in [2.24, 2.45) is 5.41 Å². The van der Waals surface area contributed by atoms with E-state index in [-0.39, 0.29) is 39.8 Å². The van der Waals surface area contributed by atoms with Crippen LogP contribution in [0, 0.1) is 5.41 Å². The Labute approximate surface area is 133 Å². The molecular formula is C14H19IN2O4. The van der Waals surface area contributed by atoms with E-state index >= 15 is 0 Å². The van der Waals surface area contributed by atoms with Gasteiger partial charge in [0.25, 0.3) is 5.91 Å². The summed E-state index contributed by atoms with van der Waals surface area (Å²) >= 11 is -0.100. The van der Waals surface area contributed by atoms with Crippen molar-refractivity contribution in [2.75, 3.05) is 20.2 Å². The number of esters is 1. The topological polar surface area (TPSA) is 84.5 Å². The Morgan fingerprint density at radius 3 is 2.62 bits per heavy atom. The average Bonchev–Trinajstić information content (AvgIpc) is 2.52. The third-order valence-electron chi connectivity index (χ3n) is 2.95. The zero-order chi connectivity index (χ0) is 15.9. The maximum absolute atomic E-state index is 12.0. The minimum Gasteiger partial charge on any atom is -0.465 e. The summed E-state index contributed by atoms with van der Waals surface area (Å²) < 4.78 is 8.87. The van der Waals surface area contributed by atoms with Crippen molar-refractivity contribution in [2.45, 2.75) is 13.8 Å². The van der Waals surface area contributed by atoms with Crippen molar-refractivity contribution in [3.63, 3.8) is 0 Å². The van der Waals surface area contributed by atoms with Crippen LogP contribution in [0.3, 0.4) is 0 Å². The fraction of sp³-hybridized carbons (Fsp3) is 0.429. The largest absolute Gasteiger partial charge is 0.465 e. The maximum Gasteiger partial charge on any atom is 0.323 e. The first kappa shape index (κ1) is 17.5. The first-order valence-electron chi connectivity index (χ1n) is 6.45. The van der Waals surface area contributed by atoms with Gasteiger partial charge < -0.3 is 15.4 Å². The van der Waals surface area contributed by atoms with E-state index in [0.29, 0.717) is 5.57 Å². The van der Waals surface area contributed by atoms with Gasteiger partial charge in [0.2, 0.25) is 5.91 Å². The Morgan fingerprint density at radius 2 is 2.10 bits per heavy atom. The van der Waals surface area contributed by atoms with Gasteiger partial charge in [-0.3, -0.25) is 14.4 Å². The highest BCUT2D eigenvalue weighted by Crippen LogP contribution is 2.18. The first-order chi connectivity index (χ1) is 9.95. The van der Waals surface area contributed by atoms with Gasteiger partial charge in [0.05, 0.1) is 6.61 Å². The monoisotopic (exact) mass is 406 g/mol. The Bertz CT molecular complexity index is 525. The lowest BCUT2D eigenvalue weighted by molar-refractivity contribution is -0.159. The van der Waals surface area contributed by atoms with Crippen molar-refractivity contribution in [3.05, 3.63) is 21.8 Å². The molecule has 6 nitrogen and oxygen atoms in total. The molecule has 0 aromatic carbocycles. The highest BCUT2D eigenvalue weighted by atomic mass is 127. The van der Waals surface area contributed by atoms with Crippen LogP contribution in [-0.2, 0) is 19.1 Å². The molecule has 2 N–H and O–H groups in total. The summed E-state index contributed by atoms with van der Waals surface area (Å²) in [6.07, 6.45) is 3.51. The molecule has 0 saturated carbocycles. The van der Waals surface area contributed by atoms with Crippen molar-refractivity contribution >= 4 is 42.5 Å². The zero-order valence-corrected chi connectivity index (χ0v) is 14.4. The van der Waals surface area contributed by atoms with Gasteiger partial charge in [0, 0.05) is 19.2 Å². The van der Waals surface area contributed by atoms with E-state index < -0.39 is 17.3 Å². The van der Waals surface area contributed by atoms with Crippen LogP contribution in [0.1, 0.15) is 13.8 Å². The highest BCUT2D eigenvalue weighted by molar-refractivity contribution is 14.2. The maximum atomic E-state index is 12.0. The average molecular weight is 406 g/mol. The summed E-state index contributed by atoms with van der Waals surface area (Å²) in [6.45, 7) is 3.17. The SMILES string of the molecule is CCOC(=O)C(C)(CNC(=O)C1=CC=IC=C1)C(=O)NC. The van der Waals surface area contributed by atoms with Crippen LogP contribution in [0.2, 0.25) is 0 Å². The summed E-state index contributed by atoms with van der Waals surface area (Å²) in [5.74, 6) is -1.47. The molecule has 1 aliphatic rings. The summed E-state index contributed by atoms with van der Waals surface area (Å²) in [5.41, 5.74) is -0.931. The van der Waals surface area contributed by atoms with E-state index in [9.17, 15) is 14.4 Å². The smallest absolute Gasteiger partial charge is 0.323 e. The van der Waals surface area contributed by atoms with Gasteiger partial charge in [0.15, 0.2) is 5.41 Å². The van der Waals surface area contributed by atoms with Gasteiger partial charge in [-0.15, -0.1) is 0 Å². The normalized spacial score (nSPS) is 16.0. The number of amides is 2. The molecule has 0 spiro atoms. The molecule has 1 heterocycles. The van der Waals surface area contributed by atoms with Crippen LogP contribution in [-0.4, -0.2) is 42.0 Å². The molecule has 21 heavy (non-hydrogen) atoms. The first-order valence-corrected chi connectivity index (χ1v) is 8.94. The molecule has 0 aromatic heterocycles. The number of halogens is 1. The number of ether oxygens (including phenoxy) is 1. The van der Waals surface area contributed by atoms with Crippen LogP contribution in [0.5, 0.6) is 0 Å². The highest BCUT2D eigenvalue weighted by Gasteiger charge is 2.42. The van der Waals surface area contributed by atoms with Crippen molar-refractivity contribution in [3.8, 4) is 0 Å². The minimum atomic E-state index is -1.45. The predicted molar refractivity (Wildman–Crippen MR) is 89.1 cm³/mol. The molecule has 2 amide bonds. The molecule has 1 unspecified atom stereocenters. The quantitative estimate of drug-likeness (QED) is 0.386. The van der Waals surface area contributed by atoms with Crippen LogP contribution in [0.15, 0.2) is 21.8 Å².